The fraction of sp³-hybridized carbons (Fsp3) is 0.714. The number of methoxy groups -OCH3 is 1. The smallest absolute Gasteiger partial charge is 0.170 e. The van der Waals surface area contributed by atoms with Crippen LogP contribution in [-0.2, 0) is 10.2 Å². The third-order valence-corrected chi connectivity index (χ3v) is 7.48. The first kappa shape index (κ1) is 18.1. The number of rotatable bonds is 2. The third-order valence-electron chi connectivity index (χ3n) is 7.48. The predicted octanol–water partition coefficient (Wildman–Crippen LogP) is 3.35. The van der Waals surface area contributed by atoms with Gasteiger partial charge in [-0.2, -0.15) is 0 Å². The van der Waals surface area contributed by atoms with Crippen molar-refractivity contribution in [3.63, 3.8) is 0 Å². The summed E-state index contributed by atoms with van der Waals surface area (Å²) in [5.41, 5.74) is 1.53. The van der Waals surface area contributed by atoms with Gasteiger partial charge in [0.05, 0.1) is 19.8 Å². The van der Waals surface area contributed by atoms with E-state index in [4.69, 9.17) is 9.47 Å². The average molecular weight is 362 g/mol. The average Bonchev–Trinajstić information content (AvgIpc) is 2.58. The van der Waals surface area contributed by atoms with Crippen molar-refractivity contribution in [3.05, 3.63) is 22.8 Å². The molecule has 4 aliphatic rings. The van der Waals surface area contributed by atoms with Crippen molar-refractivity contribution >= 4 is 0 Å². The monoisotopic (exact) mass is 362 g/mol. The largest absolute Gasteiger partial charge is 0.504 e. The minimum Gasteiger partial charge on any atom is -0.504 e. The number of aromatic hydroxyl groups is 1. The maximum absolute atomic E-state index is 11.2. The van der Waals surface area contributed by atoms with Gasteiger partial charge in [-0.3, -0.25) is 0 Å². The van der Waals surface area contributed by atoms with E-state index in [1.807, 2.05) is 33.8 Å². The van der Waals surface area contributed by atoms with Crippen LogP contribution in [-0.4, -0.2) is 34.8 Å². The molecule has 2 heterocycles. The molecule has 1 spiro atoms. The second-order valence-electron chi connectivity index (χ2n) is 9.22. The van der Waals surface area contributed by atoms with Crippen LogP contribution >= 0.6 is 0 Å². The Morgan fingerprint density at radius 3 is 2.50 bits per heavy atom. The number of aliphatic hydroxyl groups excluding tert-OH is 1. The summed E-state index contributed by atoms with van der Waals surface area (Å²) < 4.78 is 11.5. The molecule has 2 aliphatic heterocycles. The van der Waals surface area contributed by atoms with Gasteiger partial charge in [0.25, 0.3) is 0 Å². The van der Waals surface area contributed by atoms with Crippen molar-refractivity contribution in [2.45, 2.75) is 70.2 Å². The lowest BCUT2D eigenvalue weighted by Gasteiger charge is -2.66. The number of fused-ring (bicyclic) bond motifs is 3. The van der Waals surface area contributed by atoms with Crippen molar-refractivity contribution in [1.29, 1.82) is 0 Å². The van der Waals surface area contributed by atoms with Gasteiger partial charge in [0.1, 0.15) is 0 Å². The van der Waals surface area contributed by atoms with Crippen LogP contribution in [0.4, 0.5) is 0 Å². The Morgan fingerprint density at radius 2 is 1.96 bits per heavy atom. The van der Waals surface area contributed by atoms with Gasteiger partial charge < -0.3 is 24.8 Å². The van der Waals surface area contributed by atoms with Crippen LogP contribution in [0.3, 0.4) is 0 Å². The molecule has 1 aromatic carbocycles. The second-order valence-corrected chi connectivity index (χ2v) is 9.22. The quantitative estimate of drug-likeness (QED) is 0.752. The number of phenolic OH excluding ortho intramolecular Hbond substituents is 1. The molecule has 5 heteroatoms. The topological polar surface area (TPSA) is 79.2 Å². The predicted molar refractivity (Wildman–Crippen MR) is 97.4 cm³/mol. The van der Waals surface area contributed by atoms with E-state index >= 15 is 0 Å². The summed E-state index contributed by atoms with van der Waals surface area (Å²) in [7, 11) is 1.57. The summed E-state index contributed by atoms with van der Waals surface area (Å²) in [5.74, 6) is -0.368. The fourth-order valence-corrected chi connectivity index (χ4v) is 5.89. The summed E-state index contributed by atoms with van der Waals surface area (Å²) in [6.45, 7) is 8.48. The third kappa shape index (κ3) is 1.97. The van der Waals surface area contributed by atoms with Crippen molar-refractivity contribution in [3.8, 4) is 11.5 Å². The molecule has 144 valence electrons. The molecule has 3 fully saturated rings. The first-order chi connectivity index (χ1) is 12.1. The molecule has 0 amide bonds. The number of hydrogen-bond donors (Lipinski definition) is 3. The molecule has 2 aliphatic carbocycles. The molecular weight excluding hydrogens is 332 g/mol. The van der Waals surface area contributed by atoms with E-state index in [0.29, 0.717) is 25.2 Å². The molecular formula is C21H30O5. The Kier molecular flexibility index (Phi) is 3.73. The van der Waals surface area contributed by atoms with Crippen molar-refractivity contribution in [1.82, 2.24) is 0 Å². The lowest BCUT2D eigenvalue weighted by atomic mass is 9.45. The number of phenols is 1. The molecule has 0 radical (unpaired) electrons. The molecule has 4 unspecified atom stereocenters. The molecule has 4 atom stereocenters. The zero-order valence-electron chi connectivity index (χ0n) is 16.3. The van der Waals surface area contributed by atoms with E-state index < -0.39 is 22.7 Å². The molecule has 5 rings (SSSR count). The maximum Gasteiger partial charge on any atom is 0.170 e. The highest BCUT2D eigenvalue weighted by molar-refractivity contribution is 5.61. The van der Waals surface area contributed by atoms with Gasteiger partial charge in [-0.1, -0.05) is 27.7 Å². The highest BCUT2D eigenvalue weighted by Crippen LogP contribution is 2.68. The van der Waals surface area contributed by atoms with Gasteiger partial charge in [-0.05, 0) is 36.3 Å². The Labute approximate surface area is 154 Å². The van der Waals surface area contributed by atoms with Crippen LogP contribution in [0, 0.1) is 11.3 Å². The molecule has 2 saturated heterocycles. The SMILES string of the molecule is COc1c(C(C)C)cc2c(c1O)C13CCC(O)(OC1)C(C)(C)C3CC2O. The van der Waals surface area contributed by atoms with Crippen molar-refractivity contribution < 1.29 is 24.8 Å². The Bertz CT molecular complexity index is 743. The highest BCUT2D eigenvalue weighted by atomic mass is 16.6. The van der Waals surface area contributed by atoms with Gasteiger partial charge in [-0.25, -0.2) is 0 Å². The number of aliphatic hydroxyl groups is 2. The number of ether oxygens (including phenoxy) is 2. The van der Waals surface area contributed by atoms with Gasteiger partial charge in [0.15, 0.2) is 17.3 Å². The van der Waals surface area contributed by atoms with Crippen LogP contribution in [0.25, 0.3) is 0 Å². The highest BCUT2D eigenvalue weighted by Gasteiger charge is 2.68. The van der Waals surface area contributed by atoms with E-state index in [9.17, 15) is 15.3 Å². The normalized spacial score (nSPS) is 37.4. The van der Waals surface area contributed by atoms with Crippen LogP contribution in [0.1, 0.15) is 75.7 Å². The first-order valence-corrected chi connectivity index (χ1v) is 9.57. The minimum absolute atomic E-state index is 0.0190. The molecule has 1 aromatic rings. The molecule has 5 nitrogen and oxygen atoms in total. The first-order valence-electron chi connectivity index (χ1n) is 9.57. The van der Waals surface area contributed by atoms with E-state index in [0.717, 1.165) is 23.1 Å². The van der Waals surface area contributed by atoms with Crippen LogP contribution in [0.15, 0.2) is 6.07 Å². The lowest BCUT2D eigenvalue weighted by molar-refractivity contribution is -0.359. The summed E-state index contributed by atoms with van der Waals surface area (Å²) >= 11 is 0. The van der Waals surface area contributed by atoms with Crippen LogP contribution in [0.2, 0.25) is 0 Å². The lowest BCUT2D eigenvalue weighted by Crippen LogP contribution is -2.69. The van der Waals surface area contributed by atoms with Crippen LogP contribution < -0.4 is 4.74 Å². The molecule has 26 heavy (non-hydrogen) atoms. The van der Waals surface area contributed by atoms with E-state index in [1.165, 1.54) is 0 Å². The van der Waals surface area contributed by atoms with E-state index in [1.54, 1.807) is 7.11 Å². The summed E-state index contributed by atoms with van der Waals surface area (Å²) in [6.07, 6.45) is 1.15. The van der Waals surface area contributed by atoms with Gasteiger partial charge in [-0.15, -0.1) is 0 Å². The van der Waals surface area contributed by atoms with Gasteiger partial charge in [0, 0.05) is 28.4 Å². The zero-order chi connectivity index (χ0) is 19.1. The van der Waals surface area contributed by atoms with E-state index in [-0.39, 0.29) is 17.6 Å². The minimum atomic E-state index is -1.17. The maximum atomic E-state index is 11.2. The van der Waals surface area contributed by atoms with Crippen molar-refractivity contribution in [2.75, 3.05) is 13.7 Å². The molecule has 3 N–H and O–H groups in total. The summed E-state index contributed by atoms with van der Waals surface area (Å²) in [5, 5.41) is 33.2. The Balaban J connectivity index is 2.00. The van der Waals surface area contributed by atoms with Crippen molar-refractivity contribution in [2.24, 2.45) is 11.3 Å². The number of benzene rings is 1. The molecule has 0 aromatic heterocycles. The fourth-order valence-electron chi connectivity index (χ4n) is 5.89. The molecule has 2 bridgehead atoms. The van der Waals surface area contributed by atoms with E-state index in [2.05, 4.69) is 0 Å². The molecule has 1 saturated carbocycles. The zero-order valence-corrected chi connectivity index (χ0v) is 16.3. The number of hydrogen-bond acceptors (Lipinski definition) is 5. The summed E-state index contributed by atoms with van der Waals surface area (Å²) in [4.78, 5) is 0. The van der Waals surface area contributed by atoms with Gasteiger partial charge >= 0.3 is 0 Å². The van der Waals surface area contributed by atoms with Gasteiger partial charge in [0.2, 0.25) is 0 Å². The Morgan fingerprint density at radius 1 is 1.27 bits per heavy atom. The van der Waals surface area contributed by atoms with Crippen LogP contribution in [0.5, 0.6) is 11.5 Å². The second kappa shape index (κ2) is 5.37. The standard InChI is InChI=1S/C21H30O5/c1-11(2)12-8-13-14(22)9-15-19(3,4)21(24)7-6-20(15,10-26-21)16(13)17(23)18(12)25-5/h8,11,14-15,22-24H,6-7,9-10H2,1-5H3. The summed E-state index contributed by atoms with van der Waals surface area (Å²) in [6, 6.07) is 2.00. The Hall–Kier alpha value is -1.30.